The number of rotatable bonds is 7. The predicted octanol–water partition coefficient (Wildman–Crippen LogP) is 0.741. The average molecular weight is 368 g/mol. The van der Waals surface area contributed by atoms with Gasteiger partial charge in [-0.3, -0.25) is 0 Å². The monoisotopic (exact) mass is 367 g/mol. The fourth-order valence-corrected chi connectivity index (χ4v) is 3.79. The molecule has 0 radical (unpaired) electrons. The van der Waals surface area contributed by atoms with E-state index in [1.54, 1.807) is 6.07 Å². The molecule has 1 rings (SSSR count). The second-order valence-electron chi connectivity index (χ2n) is 4.10. The van der Waals surface area contributed by atoms with Crippen molar-refractivity contribution in [3.05, 3.63) is 22.2 Å². The van der Waals surface area contributed by atoms with Crippen LogP contribution in [-0.4, -0.2) is 56.3 Å². The van der Waals surface area contributed by atoms with Gasteiger partial charge in [-0.2, -0.15) is 4.31 Å². The molecule has 0 unspecified atom stereocenters. The number of hydrogen-bond acceptors (Lipinski definition) is 5. The molecule has 0 amide bonds. The van der Waals surface area contributed by atoms with Gasteiger partial charge in [0.2, 0.25) is 10.0 Å². The molecule has 1 aromatic rings. The van der Waals surface area contributed by atoms with Crippen LogP contribution in [0.2, 0.25) is 0 Å². The number of nitrogens with zero attached hydrogens (tertiary/aromatic N) is 1. The summed E-state index contributed by atoms with van der Waals surface area (Å²) in [5.74, 6) is 0.228. The zero-order valence-corrected chi connectivity index (χ0v) is 13.7. The Bertz CT molecular complexity index is 555. The quantitative estimate of drug-likeness (QED) is 0.742. The minimum Gasteiger partial charge on any atom is -0.495 e. The molecular weight excluding hydrogens is 350 g/mol. The molecule has 0 aromatic heterocycles. The van der Waals surface area contributed by atoms with Gasteiger partial charge in [0.05, 0.1) is 20.3 Å². The van der Waals surface area contributed by atoms with Gasteiger partial charge in [-0.05, 0) is 24.6 Å². The standard InChI is InChI=1S/C12H18BrNO5S/c1-9-7-11(19-2)12(8-10(9)13)20(17,18)14(3-5-15)4-6-16/h7-8,15-16H,3-6H2,1-2H3. The Hall–Kier alpha value is -0.670. The van der Waals surface area contributed by atoms with E-state index in [-0.39, 0.29) is 36.9 Å². The second-order valence-corrected chi connectivity index (χ2v) is 6.86. The average Bonchev–Trinajstić information content (AvgIpc) is 2.41. The largest absolute Gasteiger partial charge is 0.495 e. The van der Waals surface area contributed by atoms with Crippen molar-refractivity contribution >= 4 is 26.0 Å². The van der Waals surface area contributed by atoms with Crippen molar-refractivity contribution in [1.29, 1.82) is 0 Å². The molecule has 0 aliphatic carbocycles. The maximum atomic E-state index is 12.6. The number of aliphatic hydroxyl groups excluding tert-OH is 2. The van der Waals surface area contributed by atoms with Gasteiger partial charge in [-0.1, -0.05) is 15.9 Å². The molecule has 0 fully saturated rings. The molecule has 0 bridgehead atoms. The lowest BCUT2D eigenvalue weighted by atomic mass is 10.2. The molecule has 0 spiro atoms. The van der Waals surface area contributed by atoms with Crippen molar-refractivity contribution in [2.75, 3.05) is 33.4 Å². The number of ether oxygens (including phenoxy) is 1. The molecule has 0 saturated heterocycles. The van der Waals surface area contributed by atoms with E-state index in [0.29, 0.717) is 4.47 Å². The van der Waals surface area contributed by atoms with Gasteiger partial charge in [0.1, 0.15) is 10.6 Å². The van der Waals surface area contributed by atoms with Crippen molar-refractivity contribution in [1.82, 2.24) is 4.31 Å². The van der Waals surface area contributed by atoms with Crippen LogP contribution in [0.1, 0.15) is 5.56 Å². The van der Waals surface area contributed by atoms with Crippen LogP contribution >= 0.6 is 15.9 Å². The van der Waals surface area contributed by atoms with E-state index in [0.717, 1.165) is 9.87 Å². The Morgan fingerprint density at radius 3 is 2.25 bits per heavy atom. The summed E-state index contributed by atoms with van der Waals surface area (Å²) in [6.07, 6.45) is 0. The Kier molecular flexibility index (Phi) is 6.41. The Morgan fingerprint density at radius 1 is 1.25 bits per heavy atom. The van der Waals surface area contributed by atoms with E-state index >= 15 is 0 Å². The van der Waals surface area contributed by atoms with Crippen LogP contribution in [-0.2, 0) is 10.0 Å². The van der Waals surface area contributed by atoms with Crippen LogP contribution in [0.3, 0.4) is 0 Å². The summed E-state index contributed by atoms with van der Waals surface area (Å²) in [6.45, 7) is 1.00. The minimum atomic E-state index is -3.85. The molecule has 0 aliphatic heterocycles. The van der Waals surface area contributed by atoms with Crippen molar-refractivity contribution in [2.45, 2.75) is 11.8 Å². The molecule has 114 valence electrons. The topological polar surface area (TPSA) is 87.1 Å². The third-order valence-electron chi connectivity index (χ3n) is 2.76. The Morgan fingerprint density at radius 2 is 1.80 bits per heavy atom. The van der Waals surface area contributed by atoms with E-state index in [4.69, 9.17) is 14.9 Å². The second kappa shape index (κ2) is 7.37. The third kappa shape index (κ3) is 3.70. The lowest BCUT2D eigenvalue weighted by molar-refractivity contribution is 0.217. The van der Waals surface area contributed by atoms with Gasteiger partial charge in [0.15, 0.2) is 0 Å². The van der Waals surface area contributed by atoms with Crippen molar-refractivity contribution in [3.8, 4) is 5.75 Å². The lowest BCUT2D eigenvalue weighted by Gasteiger charge is -2.22. The number of aryl methyl sites for hydroxylation is 1. The van der Waals surface area contributed by atoms with Gasteiger partial charge < -0.3 is 14.9 Å². The number of methoxy groups -OCH3 is 1. The zero-order chi connectivity index (χ0) is 15.3. The smallest absolute Gasteiger partial charge is 0.246 e. The van der Waals surface area contributed by atoms with Gasteiger partial charge in [0.25, 0.3) is 0 Å². The van der Waals surface area contributed by atoms with E-state index in [2.05, 4.69) is 15.9 Å². The maximum Gasteiger partial charge on any atom is 0.246 e. The molecule has 20 heavy (non-hydrogen) atoms. The number of halogens is 1. The number of benzene rings is 1. The summed E-state index contributed by atoms with van der Waals surface area (Å²) in [7, 11) is -2.46. The van der Waals surface area contributed by atoms with Crippen LogP contribution in [0, 0.1) is 6.92 Å². The van der Waals surface area contributed by atoms with E-state index in [1.165, 1.54) is 13.2 Å². The summed E-state index contributed by atoms with van der Waals surface area (Å²) in [5.41, 5.74) is 0.844. The van der Waals surface area contributed by atoms with Crippen LogP contribution in [0.15, 0.2) is 21.5 Å². The SMILES string of the molecule is COc1cc(C)c(Br)cc1S(=O)(=O)N(CCO)CCO. The van der Waals surface area contributed by atoms with Crippen molar-refractivity contribution in [2.24, 2.45) is 0 Å². The number of hydrogen-bond donors (Lipinski definition) is 2. The number of sulfonamides is 1. The highest BCUT2D eigenvalue weighted by Gasteiger charge is 2.27. The highest BCUT2D eigenvalue weighted by molar-refractivity contribution is 9.10. The highest BCUT2D eigenvalue weighted by atomic mass is 79.9. The van der Waals surface area contributed by atoms with Crippen LogP contribution in [0.25, 0.3) is 0 Å². The van der Waals surface area contributed by atoms with E-state index < -0.39 is 10.0 Å². The Balaban J connectivity index is 3.36. The fourth-order valence-electron chi connectivity index (χ4n) is 1.71. The lowest BCUT2D eigenvalue weighted by Crippen LogP contribution is -2.36. The maximum absolute atomic E-state index is 12.6. The first kappa shape index (κ1) is 17.4. The Labute approximate surface area is 127 Å². The first-order chi connectivity index (χ1) is 9.38. The van der Waals surface area contributed by atoms with Crippen LogP contribution in [0.4, 0.5) is 0 Å². The summed E-state index contributed by atoms with van der Waals surface area (Å²) >= 11 is 3.29. The molecular formula is C12H18BrNO5S. The molecule has 0 atom stereocenters. The first-order valence-electron chi connectivity index (χ1n) is 5.94. The van der Waals surface area contributed by atoms with Gasteiger partial charge in [0, 0.05) is 17.6 Å². The first-order valence-corrected chi connectivity index (χ1v) is 8.17. The van der Waals surface area contributed by atoms with Crippen LogP contribution in [0.5, 0.6) is 5.75 Å². The summed E-state index contributed by atoms with van der Waals surface area (Å²) in [4.78, 5) is -0.000579. The summed E-state index contributed by atoms with van der Waals surface area (Å²) < 4.78 is 31.9. The molecule has 2 N–H and O–H groups in total. The minimum absolute atomic E-state index is 0.000579. The van der Waals surface area contributed by atoms with Gasteiger partial charge in [-0.25, -0.2) is 8.42 Å². The van der Waals surface area contributed by atoms with E-state index in [9.17, 15) is 8.42 Å². The van der Waals surface area contributed by atoms with Gasteiger partial charge in [-0.15, -0.1) is 0 Å². The molecule has 6 nitrogen and oxygen atoms in total. The molecule has 0 saturated carbocycles. The fraction of sp³-hybridized carbons (Fsp3) is 0.500. The van der Waals surface area contributed by atoms with Crippen molar-refractivity contribution in [3.63, 3.8) is 0 Å². The molecule has 8 heteroatoms. The predicted molar refractivity (Wildman–Crippen MR) is 78.4 cm³/mol. The molecule has 0 aliphatic rings. The van der Waals surface area contributed by atoms with Gasteiger partial charge >= 0.3 is 0 Å². The normalized spacial score (nSPS) is 11.9. The summed E-state index contributed by atoms with van der Waals surface area (Å²) in [6, 6.07) is 3.08. The molecule has 0 heterocycles. The molecule has 1 aromatic carbocycles. The highest BCUT2D eigenvalue weighted by Crippen LogP contribution is 2.32. The third-order valence-corrected chi connectivity index (χ3v) is 5.54. The number of aliphatic hydroxyl groups is 2. The zero-order valence-electron chi connectivity index (χ0n) is 11.3. The van der Waals surface area contributed by atoms with E-state index in [1.807, 2.05) is 6.92 Å². The van der Waals surface area contributed by atoms with Crippen LogP contribution < -0.4 is 4.74 Å². The summed E-state index contributed by atoms with van der Waals surface area (Å²) in [5, 5.41) is 17.9. The van der Waals surface area contributed by atoms with Crippen molar-refractivity contribution < 1.29 is 23.4 Å².